The van der Waals surface area contributed by atoms with Gasteiger partial charge in [-0.3, -0.25) is 4.79 Å². The molecule has 0 spiro atoms. The highest BCUT2D eigenvalue weighted by atomic mass is 19.4. The second-order valence-electron chi connectivity index (χ2n) is 4.12. The summed E-state index contributed by atoms with van der Waals surface area (Å²) in [5.41, 5.74) is -0.419. The quantitative estimate of drug-likeness (QED) is 0.812. The van der Waals surface area contributed by atoms with Gasteiger partial charge in [0.2, 0.25) is 0 Å². The van der Waals surface area contributed by atoms with Gasteiger partial charge in [-0.2, -0.15) is 13.2 Å². The van der Waals surface area contributed by atoms with E-state index in [2.05, 4.69) is 14.9 Å². The largest absolute Gasteiger partial charge is 0.466 e. The van der Waals surface area contributed by atoms with Crippen LogP contribution in [0.25, 0.3) is 11.3 Å². The van der Waals surface area contributed by atoms with Crippen LogP contribution in [0.4, 0.5) is 13.2 Å². The summed E-state index contributed by atoms with van der Waals surface area (Å²) >= 11 is 0. The Hall–Kier alpha value is -2.38. The molecule has 0 aliphatic carbocycles. The second kappa shape index (κ2) is 5.94. The molecule has 1 heterocycles. The van der Waals surface area contributed by atoms with Crippen LogP contribution >= 0.6 is 0 Å². The molecule has 0 N–H and O–H groups in total. The number of rotatable bonds is 4. The smallest absolute Gasteiger partial charge is 0.416 e. The molecule has 0 bridgehead atoms. The summed E-state index contributed by atoms with van der Waals surface area (Å²) < 4.78 is 47.3. The Morgan fingerprint density at radius 1 is 1.33 bits per heavy atom. The summed E-state index contributed by atoms with van der Waals surface area (Å²) in [6.07, 6.45) is -4.68. The molecule has 5 nitrogen and oxygen atoms in total. The number of aromatic nitrogens is 2. The van der Waals surface area contributed by atoms with E-state index in [0.29, 0.717) is 0 Å². The lowest BCUT2D eigenvalue weighted by Crippen LogP contribution is -2.09. The molecule has 8 heteroatoms. The van der Waals surface area contributed by atoms with Gasteiger partial charge in [0.15, 0.2) is 0 Å². The minimum absolute atomic E-state index is 0.0918. The van der Waals surface area contributed by atoms with E-state index in [1.165, 1.54) is 12.1 Å². The number of benzene rings is 1. The number of hydrogen-bond donors (Lipinski definition) is 0. The molecule has 1 aromatic carbocycles. The number of carbonyl (C=O) groups excluding carboxylic acids is 1. The van der Waals surface area contributed by atoms with Crippen LogP contribution in [0, 0.1) is 0 Å². The molecule has 1 aromatic heterocycles. The fourth-order valence-electron chi connectivity index (χ4n) is 1.73. The van der Waals surface area contributed by atoms with Crippen molar-refractivity contribution in [1.29, 1.82) is 0 Å². The van der Waals surface area contributed by atoms with E-state index in [1.54, 1.807) is 6.92 Å². The van der Waals surface area contributed by atoms with Crippen LogP contribution in [-0.4, -0.2) is 22.9 Å². The molecule has 21 heavy (non-hydrogen) atoms. The summed E-state index contributed by atoms with van der Waals surface area (Å²) in [5, 5.41) is 7.10. The molecule has 0 unspecified atom stereocenters. The zero-order valence-electron chi connectivity index (χ0n) is 11.0. The standard InChI is InChI=1S/C13H11F3N2O3/c1-2-20-11(19)7-10-12(18-21-17-10)8-4-3-5-9(6-8)13(14,15)16/h3-6H,2,7H2,1H3. The number of alkyl halides is 3. The average Bonchev–Trinajstić information content (AvgIpc) is 2.86. The van der Waals surface area contributed by atoms with Crippen LogP contribution in [0.15, 0.2) is 28.9 Å². The number of esters is 1. The van der Waals surface area contributed by atoms with E-state index in [-0.39, 0.29) is 30.0 Å². The third-order valence-corrected chi connectivity index (χ3v) is 2.64. The second-order valence-corrected chi connectivity index (χ2v) is 4.12. The van der Waals surface area contributed by atoms with Crippen molar-refractivity contribution in [2.24, 2.45) is 0 Å². The van der Waals surface area contributed by atoms with Crippen LogP contribution in [0.1, 0.15) is 18.2 Å². The van der Waals surface area contributed by atoms with Crippen LogP contribution in [0.2, 0.25) is 0 Å². The van der Waals surface area contributed by atoms with Crippen molar-refractivity contribution in [3.63, 3.8) is 0 Å². The highest BCUT2D eigenvalue weighted by Gasteiger charge is 2.31. The molecule has 112 valence electrons. The molecule has 0 atom stereocenters. The Kier molecular flexibility index (Phi) is 4.25. The molecule has 0 amide bonds. The van der Waals surface area contributed by atoms with Gasteiger partial charge in [0.05, 0.1) is 18.6 Å². The fraction of sp³-hybridized carbons (Fsp3) is 0.308. The number of ether oxygens (including phenoxy) is 1. The molecule has 0 aliphatic heterocycles. The first-order valence-electron chi connectivity index (χ1n) is 6.06. The molecule has 0 fully saturated rings. The summed E-state index contributed by atoms with van der Waals surface area (Å²) in [6.45, 7) is 1.84. The molecule has 0 radical (unpaired) electrons. The lowest BCUT2D eigenvalue weighted by Gasteiger charge is -2.07. The van der Waals surface area contributed by atoms with E-state index in [9.17, 15) is 18.0 Å². The minimum atomic E-state index is -4.46. The molecular weight excluding hydrogens is 289 g/mol. The van der Waals surface area contributed by atoms with Gasteiger partial charge >= 0.3 is 12.1 Å². The predicted molar refractivity (Wildman–Crippen MR) is 65.1 cm³/mol. The Bertz CT molecular complexity index is 638. The van der Waals surface area contributed by atoms with Crippen molar-refractivity contribution >= 4 is 5.97 Å². The lowest BCUT2D eigenvalue weighted by molar-refractivity contribution is -0.142. The topological polar surface area (TPSA) is 65.2 Å². The molecular formula is C13H11F3N2O3. The van der Waals surface area contributed by atoms with Crippen molar-refractivity contribution in [1.82, 2.24) is 10.3 Å². The van der Waals surface area contributed by atoms with Gasteiger partial charge in [-0.15, -0.1) is 0 Å². The maximum Gasteiger partial charge on any atom is 0.416 e. The maximum atomic E-state index is 12.7. The summed E-state index contributed by atoms with van der Waals surface area (Å²) in [4.78, 5) is 11.4. The summed E-state index contributed by atoms with van der Waals surface area (Å²) in [6, 6.07) is 4.56. The van der Waals surface area contributed by atoms with Crippen LogP contribution in [0.3, 0.4) is 0 Å². The molecule has 0 aliphatic rings. The Morgan fingerprint density at radius 2 is 2.10 bits per heavy atom. The van der Waals surface area contributed by atoms with Crippen molar-refractivity contribution in [2.75, 3.05) is 6.61 Å². The van der Waals surface area contributed by atoms with Crippen molar-refractivity contribution in [3.8, 4) is 11.3 Å². The lowest BCUT2D eigenvalue weighted by atomic mass is 10.1. The summed E-state index contributed by atoms with van der Waals surface area (Å²) in [5.74, 6) is -0.554. The zero-order chi connectivity index (χ0) is 15.5. The van der Waals surface area contributed by atoms with E-state index >= 15 is 0 Å². The van der Waals surface area contributed by atoms with Gasteiger partial charge < -0.3 is 4.74 Å². The molecule has 2 aromatic rings. The number of nitrogens with zero attached hydrogens (tertiary/aromatic N) is 2. The number of hydrogen-bond acceptors (Lipinski definition) is 5. The number of carbonyl (C=O) groups is 1. The third-order valence-electron chi connectivity index (χ3n) is 2.64. The first kappa shape index (κ1) is 15.0. The summed E-state index contributed by atoms with van der Waals surface area (Å²) in [7, 11) is 0. The zero-order valence-corrected chi connectivity index (χ0v) is 11.0. The molecule has 0 saturated heterocycles. The van der Waals surface area contributed by atoms with Crippen molar-refractivity contribution < 1.29 is 27.3 Å². The van der Waals surface area contributed by atoms with E-state index in [0.717, 1.165) is 12.1 Å². The van der Waals surface area contributed by atoms with Gasteiger partial charge in [0.25, 0.3) is 0 Å². The first-order valence-corrected chi connectivity index (χ1v) is 6.06. The monoisotopic (exact) mass is 300 g/mol. The van der Waals surface area contributed by atoms with Crippen LogP contribution < -0.4 is 0 Å². The van der Waals surface area contributed by atoms with Gasteiger partial charge in [0, 0.05) is 5.56 Å². The van der Waals surface area contributed by atoms with E-state index in [4.69, 9.17) is 4.74 Å². The Balaban J connectivity index is 2.31. The predicted octanol–water partition coefficient (Wildman–Crippen LogP) is 2.86. The van der Waals surface area contributed by atoms with Crippen LogP contribution in [-0.2, 0) is 22.1 Å². The van der Waals surface area contributed by atoms with Gasteiger partial charge in [-0.05, 0) is 24.2 Å². The average molecular weight is 300 g/mol. The van der Waals surface area contributed by atoms with Crippen LogP contribution in [0.5, 0.6) is 0 Å². The van der Waals surface area contributed by atoms with E-state index < -0.39 is 17.7 Å². The fourth-order valence-corrected chi connectivity index (χ4v) is 1.73. The van der Waals surface area contributed by atoms with E-state index in [1.807, 2.05) is 0 Å². The normalized spacial score (nSPS) is 11.4. The Morgan fingerprint density at radius 3 is 2.76 bits per heavy atom. The maximum absolute atomic E-state index is 12.7. The number of halogens is 3. The van der Waals surface area contributed by atoms with Gasteiger partial charge in [-0.1, -0.05) is 17.3 Å². The van der Waals surface area contributed by atoms with Crippen molar-refractivity contribution in [2.45, 2.75) is 19.5 Å². The highest BCUT2D eigenvalue weighted by molar-refractivity contribution is 5.75. The SMILES string of the molecule is CCOC(=O)Cc1nonc1-c1cccc(C(F)(F)F)c1. The van der Waals surface area contributed by atoms with Gasteiger partial charge in [0.1, 0.15) is 11.4 Å². The van der Waals surface area contributed by atoms with Crippen molar-refractivity contribution in [3.05, 3.63) is 35.5 Å². The molecule has 0 saturated carbocycles. The first-order chi connectivity index (χ1) is 9.91. The highest BCUT2D eigenvalue weighted by Crippen LogP contribution is 2.32. The Labute approximate surface area is 117 Å². The molecule has 2 rings (SSSR count). The minimum Gasteiger partial charge on any atom is -0.466 e. The third kappa shape index (κ3) is 3.59. The van der Waals surface area contributed by atoms with Gasteiger partial charge in [-0.25, -0.2) is 4.63 Å².